The van der Waals surface area contributed by atoms with Gasteiger partial charge in [0, 0.05) is 30.9 Å². The van der Waals surface area contributed by atoms with Crippen molar-refractivity contribution in [3.8, 4) is 11.4 Å². The molecule has 0 radical (unpaired) electrons. The summed E-state index contributed by atoms with van der Waals surface area (Å²) in [6.45, 7) is 2.74. The van der Waals surface area contributed by atoms with E-state index in [9.17, 15) is 9.90 Å². The van der Waals surface area contributed by atoms with E-state index in [0.29, 0.717) is 5.92 Å². The largest absolute Gasteiger partial charge is 0.393 e. The SMILES string of the molecule is Cc1cc(-c2nc3ccccc3n2CC2CCC(O)CC2)cn(C)c1=O. The van der Waals surface area contributed by atoms with E-state index in [1.807, 2.05) is 37.4 Å². The Labute approximate surface area is 152 Å². The van der Waals surface area contributed by atoms with Crippen LogP contribution in [0, 0.1) is 12.8 Å². The van der Waals surface area contributed by atoms with E-state index in [4.69, 9.17) is 4.98 Å². The van der Waals surface area contributed by atoms with Crippen molar-refractivity contribution < 1.29 is 5.11 Å². The molecule has 5 heteroatoms. The molecule has 0 bridgehead atoms. The number of aliphatic hydroxyl groups is 1. The Hall–Kier alpha value is -2.40. The highest BCUT2D eigenvalue weighted by molar-refractivity contribution is 5.80. The van der Waals surface area contributed by atoms with Crippen LogP contribution in [0.3, 0.4) is 0 Å². The van der Waals surface area contributed by atoms with Gasteiger partial charge in [-0.2, -0.15) is 0 Å². The minimum atomic E-state index is -0.142. The Bertz CT molecular complexity index is 968. The minimum Gasteiger partial charge on any atom is -0.393 e. The summed E-state index contributed by atoms with van der Waals surface area (Å²) >= 11 is 0. The maximum absolute atomic E-state index is 12.1. The summed E-state index contributed by atoms with van der Waals surface area (Å²) in [6, 6.07) is 10.1. The van der Waals surface area contributed by atoms with Crippen molar-refractivity contribution in [2.75, 3.05) is 0 Å². The van der Waals surface area contributed by atoms with Crippen molar-refractivity contribution in [2.45, 2.75) is 45.3 Å². The quantitative estimate of drug-likeness (QED) is 0.788. The van der Waals surface area contributed by atoms with Crippen molar-refractivity contribution in [1.29, 1.82) is 0 Å². The molecule has 5 nitrogen and oxygen atoms in total. The van der Waals surface area contributed by atoms with Gasteiger partial charge >= 0.3 is 0 Å². The molecule has 0 spiro atoms. The summed E-state index contributed by atoms with van der Waals surface area (Å²) in [5.41, 5.74) is 3.82. The second-order valence-corrected chi connectivity index (χ2v) is 7.54. The Morgan fingerprint density at radius 3 is 2.65 bits per heavy atom. The van der Waals surface area contributed by atoms with Gasteiger partial charge in [-0.15, -0.1) is 0 Å². The van der Waals surface area contributed by atoms with Crippen molar-refractivity contribution in [3.63, 3.8) is 0 Å². The number of fused-ring (bicyclic) bond motifs is 1. The number of hydrogen-bond acceptors (Lipinski definition) is 3. The Morgan fingerprint density at radius 2 is 1.92 bits per heavy atom. The number of pyridine rings is 1. The van der Waals surface area contributed by atoms with E-state index in [-0.39, 0.29) is 11.7 Å². The van der Waals surface area contributed by atoms with Crippen molar-refractivity contribution in [2.24, 2.45) is 13.0 Å². The van der Waals surface area contributed by atoms with E-state index in [1.165, 1.54) is 0 Å². The first-order valence-electron chi connectivity index (χ1n) is 9.34. The van der Waals surface area contributed by atoms with Crippen LogP contribution in [-0.2, 0) is 13.6 Å². The topological polar surface area (TPSA) is 60.0 Å². The standard InChI is InChI=1S/C21H25N3O2/c1-14-11-16(13-23(2)21(14)26)20-22-18-5-3-4-6-19(18)24(20)12-15-7-9-17(25)10-8-15/h3-6,11,13,15,17,25H,7-10,12H2,1-2H3. The third-order valence-corrected chi connectivity index (χ3v) is 5.53. The number of aromatic nitrogens is 3. The Balaban J connectivity index is 1.80. The summed E-state index contributed by atoms with van der Waals surface area (Å²) < 4.78 is 3.92. The zero-order valence-electron chi connectivity index (χ0n) is 15.4. The molecule has 0 aliphatic heterocycles. The molecule has 136 valence electrons. The smallest absolute Gasteiger partial charge is 0.253 e. The van der Waals surface area contributed by atoms with Crippen LogP contribution in [0.25, 0.3) is 22.4 Å². The molecule has 0 atom stereocenters. The Kier molecular flexibility index (Phi) is 4.41. The predicted molar refractivity (Wildman–Crippen MR) is 103 cm³/mol. The molecular weight excluding hydrogens is 326 g/mol. The highest BCUT2D eigenvalue weighted by Crippen LogP contribution is 2.30. The first-order valence-corrected chi connectivity index (χ1v) is 9.34. The van der Waals surface area contributed by atoms with Crippen molar-refractivity contribution in [3.05, 3.63) is 52.4 Å². The molecule has 3 aromatic rings. The molecule has 2 heterocycles. The molecule has 2 aromatic heterocycles. The average molecular weight is 351 g/mol. The van der Waals surface area contributed by atoms with Gasteiger partial charge in [0.1, 0.15) is 5.82 Å². The van der Waals surface area contributed by atoms with Crippen molar-refractivity contribution >= 4 is 11.0 Å². The van der Waals surface area contributed by atoms with E-state index < -0.39 is 0 Å². The molecule has 1 aromatic carbocycles. The number of aryl methyl sites for hydroxylation is 2. The number of nitrogens with zero attached hydrogens (tertiary/aromatic N) is 3. The maximum atomic E-state index is 12.1. The highest BCUT2D eigenvalue weighted by atomic mass is 16.3. The highest BCUT2D eigenvalue weighted by Gasteiger charge is 2.22. The second kappa shape index (κ2) is 6.72. The lowest BCUT2D eigenvalue weighted by Crippen LogP contribution is -2.22. The molecule has 0 unspecified atom stereocenters. The normalized spacial score (nSPS) is 20.6. The van der Waals surface area contributed by atoms with Gasteiger partial charge in [0.25, 0.3) is 5.56 Å². The van der Waals surface area contributed by atoms with E-state index >= 15 is 0 Å². The van der Waals surface area contributed by atoms with Gasteiger partial charge in [0.15, 0.2) is 0 Å². The fraction of sp³-hybridized carbons (Fsp3) is 0.429. The van der Waals surface area contributed by atoms with Crippen LogP contribution in [-0.4, -0.2) is 25.3 Å². The van der Waals surface area contributed by atoms with Gasteiger partial charge in [0.2, 0.25) is 0 Å². The molecule has 0 amide bonds. The van der Waals surface area contributed by atoms with E-state index in [2.05, 4.69) is 10.6 Å². The molecule has 0 saturated heterocycles. The fourth-order valence-corrected chi connectivity index (χ4v) is 4.07. The summed E-state index contributed by atoms with van der Waals surface area (Å²) in [6.07, 6.45) is 5.57. The number of hydrogen-bond donors (Lipinski definition) is 1. The zero-order chi connectivity index (χ0) is 18.3. The van der Waals surface area contributed by atoms with Gasteiger partial charge in [-0.05, 0) is 56.7 Å². The summed E-state index contributed by atoms with van der Waals surface area (Å²) in [7, 11) is 1.79. The summed E-state index contributed by atoms with van der Waals surface area (Å²) in [5, 5.41) is 9.79. The van der Waals surface area contributed by atoms with Gasteiger partial charge in [-0.1, -0.05) is 12.1 Å². The first kappa shape index (κ1) is 17.0. The zero-order valence-corrected chi connectivity index (χ0v) is 15.4. The summed E-state index contributed by atoms with van der Waals surface area (Å²) in [5.74, 6) is 1.46. The molecule has 4 rings (SSSR count). The average Bonchev–Trinajstić information content (AvgIpc) is 3.00. The summed E-state index contributed by atoms with van der Waals surface area (Å²) in [4.78, 5) is 16.9. The molecular formula is C21H25N3O2. The first-order chi connectivity index (χ1) is 12.5. The number of para-hydroxylation sites is 2. The number of benzene rings is 1. The van der Waals surface area contributed by atoms with Gasteiger partial charge in [-0.3, -0.25) is 4.79 Å². The maximum Gasteiger partial charge on any atom is 0.253 e. The van der Waals surface area contributed by atoms with E-state index in [1.54, 1.807) is 11.6 Å². The van der Waals surface area contributed by atoms with Crippen LogP contribution in [0.5, 0.6) is 0 Å². The van der Waals surface area contributed by atoms with Crippen LogP contribution in [0.1, 0.15) is 31.2 Å². The lowest BCUT2D eigenvalue weighted by atomic mass is 9.87. The lowest BCUT2D eigenvalue weighted by Gasteiger charge is -2.26. The monoisotopic (exact) mass is 351 g/mol. The van der Waals surface area contributed by atoms with E-state index in [0.717, 1.165) is 60.2 Å². The number of imidazole rings is 1. The van der Waals surface area contributed by atoms with Gasteiger partial charge in [0.05, 0.1) is 17.1 Å². The molecule has 26 heavy (non-hydrogen) atoms. The van der Waals surface area contributed by atoms with Crippen LogP contribution in [0.4, 0.5) is 0 Å². The number of rotatable bonds is 3. The molecule has 1 saturated carbocycles. The lowest BCUT2D eigenvalue weighted by molar-refractivity contribution is 0.104. The van der Waals surface area contributed by atoms with Gasteiger partial charge in [-0.25, -0.2) is 4.98 Å². The van der Waals surface area contributed by atoms with Crippen LogP contribution < -0.4 is 5.56 Å². The second-order valence-electron chi connectivity index (χ2n) is 7.54. The Morgan fingerprint density at radius 1 is 1.19 bits per heavy atom. The van der Waals surface area contributed by atoms with Crippen LogP contribution >= 0.6 is 0 Å². The predicted octanol–water partition coefficient (Wildman–Crippen LogP) is 3.26. The molecule has 1 fully saturated rings. The molecule has 1 aliphatic carbocycles. The van der Waals surface area contributed by atoms with Crippen LogP contribution in [0.15, 0.2) is 41.3 Å². The molecule has 1 aliphatic rings. The molecule has 1 N–H and O–H groups in total. The third kappa shape index (κ3) is 3.07. The fourth-order valence-electron chi connectivity index (χ4n) is 4.07. The van der Waals surface area contributed by atoms with Crippen molar-refractivity contribution in [1.82, 2.24) is 14.1 Å². The van der Waals surface area contributed by atoms with Gasteiger partial charge < -0.3 is 14.2 Å². The van der Waals surface area contributed by atoms with Crippen LogP contribution in [0.2, 0.25) is 0 Å². The minimum absolute atomic E-state index is 0.0256. The number of aliphatic hydroxyl groups excluding tert-OH is 1. The third-order valence-electron chi connectivity index (χ3n) is 5.53.